The summed E-state index contributed by atoms with van der Waals surface area (Å²) in [5.74, 6) is -0.288. The Bertz CT molecular complexity index is 809. The molecule has 0 N–H and O–H groups in total. The number of Topliss-reactive ketones (excluding diaryl/α,β-unsaturated/α-hetero) is 1. The lowest BCUT2D eigenvalue weighted by molar-refractivity contribution is 0.0994. The zero-order valence-corrected chi connectivity index (χ0v) is 13.3. The third-order valence-electron chi connectivity index (χ3n) is 3.45. The van der Waals surface area contributed by atoms with Gasteiger partial charge in [-0.25, -0.2) is 4.39 Å². The quantitative estimate of drug-likeness (QED) is 0.454. The molecule has 0 atom stereocenters. The van der Waals surface area contributed by atoms with Gasteiger partial charge in [-0.05, 0) is 57.8 Å². The zero-order valence-electron chi connectivity index (χ0n) is 11.1. The molecule has 3 aromatic rings. The SMILES string of the molecule is O=C(Cc1ccc(I)cc1)c1ccc(F)c2ccccc12. The highest BCUT2D eigenvalue weighted by Crippen LogP contribution is 2.23. The van der Waals surface area contributed by atoms with Crippen LogP contribution in [0, 0.1) is 9.39 Å². The van der Waals surface area contributed by atoms with Crippen LogP contribution in [0.2, 0.25) is 0 Å². The smallest absolute Gasteiger partial charge is 0.167 e. The van der Waals surface area contributed by atoms with Gasteiger partial charge in [0.05, 0.1) is 0 Å². The summed E-state index contributed by atoms with van der Waals surface area (Å²) in [6, 6.07) is 17.9. The normalized spacial score (nSPS) is 10.8. The second-order valence-electron chi connectivity index (χ2n) is 4.87. The Labute approximate surface area is 135 Å². The molecule has 0 heterocycles. The van der Waals surface area contributed by atoms with Crippen molar-refractivity contribution >= 4 is 39.1 Å². The molecular weight excluding hydrogens is 378 g/mol. The lowest BCUT2D eigenvalue weighted by Crippen LogP contribution is -2.05. The highest BCUT2D eigenvalue weighted by atomic mass is 127. The molecule has 104 valence electrons. The number of ketones is 1. The molecule has 3 rings (SSSR count). The van der Waals surface area contributed by atoms with E-state index < -0.39 is 0 Å². The average Bonchev–Trinajstić information content (AvgIpc) is 2.50. The molecule has 0 unspecified atom stereocenters. The number of hydrogen-bond donors (Lipinski definition) is 0. The molecule has 0 bridgehead atoms. The number of hydrogen-bond acceptors (Lipinski definition) is 1. The maximum atomic E-state index is 13.8. The Hall–Kier alpha value is -1.75. The Kier molecular flexibility index (Phi) is 4.01. The van der Waals surface area contributed by atoms with Crippen molar-refractivity contribution in [1.29, 1.82) is 0 Å². The number of fused-ring (bicyclic) bond motifs is 1. The molecule has 3 heteroatoms. The Morgan fingerprint density at radius 2 is 1.57 bits per heavy atom. The van der Waals surface area contributed by atoms with Gasteiger partial charge in [-0.1, -0.05) is 36.4 Å². The summed E-state index contributed by atoms with van der Waals surface area (Å²) in [7, 11) is 0. The molecule has 0 aliphatic rings. The summed E-state index contributed by atoms with van der Waals surface area (Å²) in [6.45, 7) is 0. The van der Waals surface area contributed by atoms with Crippen LogP contribution in [0.3, 0.4) is 0 Å². The third-order valence-corrected chi connectivity index (χ3v) is 4.17. The van der Waals surface area contributed by atoms with Crippen molar-refractivity contribution in [3.05, 3.63) is 81.2 Å². The largest absolute Gasteiger partial charge is 0.294 e. The maximum Gasteiger partial charge on any atom is 0.167 e. The summed E-state index contributed by atoms with van der Waals surface area (Å²) >= 11 is 2.23. The molecular formula is C18H12FIO. The van der Waals surface area contributed by atoms with E-state index in [2.05, 4.69) is 22.6 Å². The molecule has 0 saturated heterocycles. The van der Waals surface area contributed by atoms with Crippen LogP contribution in [0.25, 0.3) is 10.8 Å². The van der Waals surface area contributed by atoms with Crippen LogP contribution in [0.15, 0.2) is 60.7 Å². The van der Waals surface area contributed by atoms with Gasteiger partial charge in [-0.2, -0.15) is 0 Å². The standard InChI is InChI=1S/C18H12FIO/c19-17-10-9-16(14-3-1-2-4-15(14)17)18(21)11-12-5-7-13(20)8-6-12/h1-10H,11H2. The van der Waals surface area contributed by atoms with E-state index in [1.54, 1.807) is 24.3 Å². The minimum atomic E-state index is -0.295. The number of halogens is 2. The maximum absolute atomic E-state index is 13.8. The topological polar surface area (TPSA) is 17.1 Å². The van der Waals surface area contributed by atoms with Gasteiger partial charge in [0.2, 0.25) is 0 Å². The van der Waals surface area contributed by atoms with Gasteiger partial charge in [0.25, 0.3) is 0 Å². The lowest BCUT2D eigenvalue weighted by Gasteiger charge is -2.07. The average molecular weight is 390 g/mol. The predicted octanol–water partition coefficient (Wildman–Crippen LogP) is 5.01. The van der Waals surface area contributed by atoms with Crippen LogP contribution in [-0.4, -0.2) is 5.78 Å². The van der Waals surface area contributed by atoms with Crippen molar-refractivity contribution in [2.45, 2.75) is 6.42 Å². The molecule has 0 fully saturated rings. The van der Waals surface area contributed by atoms with Crippen LogP contribution in [0.4, 0.5) is 4.39 Å². The van der Waals surface area contributed by atoms with Gasteiger partial charge in [-0.15, -0.1) is 0 Å². The second kappa shape index (κ2) is 5.93. The number of benzene rings is 3. The molecule has 0 saturated carbocycles. The molecule has 0 radical (unpaired) electrons. The van der Waals surface area contributed by atoms with E-state index in [0.29, 0.717) is 22.8 Å². The van der Waals surface area contributed by atoms with E-state index >= 15 is 0 Å². The highest BCUT2D eigenvalue weighted by Gasteiger charge is 2.12. The lowest BCUT2D eigenvalue weighted by atomic mass is 9.97. The first kappa shape index (κ1) is 14.2. The van der Waals surface area contributed by atoms with E-state index in [1.165, 1.54) is 6.07 Å². The number of carbonyl (C=O) groups excluding carboxylic acids is 1. The molecule has 1 nitrogen and oxygen atoms in total. The van der Waals surface area contributed by atoms with Crippen molar-refractivity contribution in [2.24, 2.45) is 0 Å². The monoisotopic (exact) mass is 390 g/mol. The molecule has 0 aromatic heterocycles. The summed E-state index contributed by atoms with van der Waals surface area (Å²) in [6.07, 6.45) is 0.326. The molecule has 21 heavy (non-hydrogen) atoms. The molecule has 0 spiro atoms. The predicted molar refractivity (Wildman–Crippen MR) is 91.1 cm³/mol. The van der Waals surface area contributed by atoms with Gasteiger partial charge in [0.1, 0.15) is 5.82 Å². The van der Waals surface area contributed by atoms with E-state index in [0.717, 1.165) is 9.13 Å². The van der Waals surface area contributed by atoms with E-state index in [-0.39, 0.29) is 11.6 Å². The second-order valence-corrected chi connectivity index (χ2v) is 6.11. The van der Waals surface area contributed by atoms with Gasteiger partial charge in [0.15, 0.2) is 5.78 Å². The summed E-state index contributed by atoms with van der Waals surface area (Å²) < 4.78 is 14.9. The fourth-order valence-electron chi connectivity index (χ4n) is 2.39. The minimum absolute atomic E-state index is 0.00686. The van der Waals surface area contributed by atoms with Crippen molar-refractivity contribution in [2.75, 3.05) is 0 Å². The first-order valence-electron chi connectivity index (χ1n) is 6.60. The molecule has 0 aliphatic carbocycles. The minimum Gasteiger partial charge on any atom is -0.294 e. The zero-order chi connectivity index (χ0) is 14.8. The van der Waals surface area contributed by atoms with Crippen LogP contribution < -0.4 is 0 Å². The fourth-order valence-corrected chi connectivity index (χ4v) is 2.75. The third kappa shape index (κ3) is 2.97. The van der Waals surface area contributed by atoms with Crippen molar-refractivity contribution in [3.8, 4) is 0 Å². The van der Waals surface area contributed by atoms with E-state index in [1.807, 2.05) is 30.3 Å². The summed E-state index contributed by atoms with van der Waals surface area (Å²) in [5.41, 5.74) is 1.54. The fraction of sp³-hybridized carbons (Fsp3) is 0.0556. The van der Waals surface area contributed by atoms with Gasteiger partial charge < -0.3 is 0 Å². The van der Waals surface area contributed by atoms with Crippen LogP contribution in [0.1, 0.15) is 15.9 Å². The van der Waals surface area contributed by atoms with Crippen molar-refractivity contribution in [1.82, 2.24) is 0 Å². The van der Waals surface area contributed by atoms with Gasteiger partial charge in [-0.3, -0.25) is 4.79 Å². The highest BCUT2D eigenvalue weighted by molar-refractivity contribution is 14.1. The first-order valence-corrected chi connectivity index (χ1v) is 7.68. The molecule has 3 aromatic carbocycles. The van der Waals surface area contributed by atoms with E-state index in [9.17, 15) is 9.18 Å². The number of rotatable bonds is 3. The number of carbonyl (C=O) groups is 1. The van der Waals surface area contributed by atoms with Gasteiger partial charge in [0, 0.05) is 20.9 Å². The van der Waals surface area contributed by atoms with Gasteiger partial charge >= 0.3 is 0 Å². The Morgan fingerprint density at radius 3 is 2.29 bits per heavy atom. The summed E-state index contributed by atoms with van der Waals surface area (Å²) in [4.78, 5) is 12.5. The van der Waals surface area contributed by atoms with E-state index in [4.69, 9.17) is 0 Å². The van der Waals surface area contributed by atoms with Crippen molar-refractivity contribution < 1.29 is 9.18 Å². The first-order chi connectivity index (χ1) is 10.1. The molecule has 0 amide bonds. The van der Waals surface area contributed by atoms with Crippen LogP contribution in [-0.2, 0) is 6.42 Å². The Morgan fingerprint density at radius 1 is 0.905 bits per heavy atom. The molecule has 0 aliphatic heterocycles. The Balaban J connectivity index is 1.98. The van der Waals surface area contributed by atoms with Crippen molar-refractivity contribution in [3.63, 3.8) is 0 Å². The summed E-state index contributed by atoms with van der Waals surface area (Å²) in [5, 5.41) is 1.17. The van der Waals surface area contributed by atoms with Crippen LogP contribution in [0.5, 0.6) is 0 Å². The van der Waals surface area contributed by atoms with Crippen LogP contribution >= 0.6 is 22.6 Å².